The molecule has 0 aromatic rings. The van der Waals surface area contributed by atoms with Gasteiger partial charge in [0.1, 0.15) is 6.04 Å². The number of carbonyl (C=O) groups is 1. The second kappa shape index (κ2) is 7.87. The van der Waals surface area contributed by atoms with Gasteiger partial charge in [-0.1, -0.05) is 19.4 Å². The molecule has 0 aliphatic carbocycles. The van der Waals surface area contributed by atoms with Crippen LogP contribution in [0.25, 0.3) is 0 Å². The van der Waals surface area contributed by atoms with Crippen LogP contribution in [0.2, 0.25) is 0 Å². The predicted molar refractivity (Wildman–Crippen MR) is 65.3 cm³/mol. The Balaban J connectivity index is 4.15. The van der Waals surface area contributed by atoms with E-state index in [0.29, 0.717) is 25.2 Å². The van der Waals surface area contributed by atoms with Crippen molar-refractivity contribution in [2.24, 2.45) is 22.4 Å². The molecule has 5 heteroatoms. The Morgan fingerprint density at radius 1 is 1.62 bits per heavy atom. The van der Waals surface area contributed by atoms with Crippen molar-refractivity contribution in [3.05, 3.63) is 12.7 Å². The number of hydrogen-bond donors (Lipinski definition) is 3. The number of nitrogens with zero attached hydrogens (tertiary/aromatic N) is 1. The van der Waals surface area contributed by atoms with Gasteiger partial charge in [0.25, 0.3) is 0 Å². The van der Waals surface area contributed by atoms with E-state index in [-0.39, 0.29) is 5.92 Å². The zero-order valence-corrected chi connectivity index (χ0v) is 9.72. The molecule has 2 atom stereocenters. The molecule has 0 aliphatic heterocycles. The van der Waals surface area contributed by atoms with Crippen molar-refractivity contribution in [2.45, 2.75) is 32.2 Å². The van der Waals surface area contributed by atoms with E-state index < -0.39 is 12.0 Å². The molecule has 0 aromatic carbocycles. The fourth-order valence-electron chi connectivity index (χ4n) is 1.29. The number of rotatable bonds is 8. The lowest BCUT2D eigenvalue weighted by Crippen LogP contribution is -2.33. The molecular formula is C11H21N3O2. The molecule has 0 spiro atoms. The highest BCUT2D eigenvalue weighted by Gasteiger charge is 2.17. The highest BCUT2D eigenvalue weighted by molar-refractivity contribution is 5.81. The number of hydrogen-bond acceptors (Lipinski definition) is 3. The maximum atomic E-state index is 10.6. The minimum Gasteiger partial charge on any atom is -0.480 e. The van der Waals surface area contributed by atoms with Gasteiger partial charge < -0.3 is 16.6 Å². The Kier molecular flexibility index (Phi) is 7.20. The molecule has 0 rings (SSSR count). The van der Waals surface area contributed by atoms with Crippen molar-refractivity contribution < 1.29 is 9.90 Å². The molecule has 92 valence electrons. The summed E-state index contributed by atoms with van der Waals surface area (Å²) >= 11 is 0. The van der Waals surface area contributed by atoms with Gasteiger partial charge in [-0.25, -0.2) is 0 Å². The minimum atomic E-state index is -0.971. The SMILES string of the molecule is C=CCC(N)=NCC(CC)C[C@H](N)C(=O)O. The summed E-state index contributed by atoms with van der Waals surface area (Å²) in [5.74, 6) is -0.284. The van der Waals surface area contributed by atoms with Crippen molar-refractivity contribution >= 4 is 11.8 Å². The fourth-order valence-corrected chi connectivity index (χ4v) is 1.29. The van der Waals surface area contributed by atoms with Gasteiger partial charge in [0.15, 0.2) is 0 Å². The summed E-state index contributed by atoms with van der Waals surface area (Å²) < 4.78 is 0. The summed E-state index contributed by atoms with van der Waals surface area (Å²) in [6.45, 7) is 6.07. The van der Waals surface area contributed by atoms with E-state index in [2.05, 4.69) is 11.6 Å². The Morgan fingerprint density at radius 3 is 2.69 bits per heavy atom. The summed E-state index contributed by atoms with van der Waals surface area (Å²) in [7, 11) is 0. The van der Waals surface area contributed by atoms with Crippen LogP contribution in [-0.2, 0) is 4.79 Å². The van der Waals surface area contributed by atoms with Gasteiger partial charge in [-0.15, -0.1) is 6.58 Å². The maximum Gasteiger partial charge on any atom is 0.320 e. The molecule has 5 nitrogen and oxygen atoms in total. The minimum absolute atomic E-state index is 0.162. The number of carboxylic acids is 1. The largest absolute Gasteiger partial charge is 0.480 e. The van der Waals surface area contributed by atoms with E-state index in [9.17, 15) is 4.79 Å². The lowest BCUT2D eigenvalue weighted by molar-refractivity contribution is -0.138. The number of aliphatic carboxylic acids is 1. The van der Waals surface area contributed by atoms with Crippen molar-refractivity contribution in [3.8, 4) is 0 Å². The first-order valence-electron chi connectivity index (χ1n) is 5.39. The summed E-state index contributed by atoms with van der Waals surface area (Å²) in [6, 6.07) is -0.819. The second-order valence-electron chi connectivity index (χ2n) is 3.78. The Bertz CT molecular complexity index is 264. The van der Waals surface area contributed by atoms with Crippen LogP contribution in [0.4, 0.5) is 0 Å². The van der Waals surface area contributed by atoms with E-state index in [1.54, 1.807) is 6.08 Å². The predicted octanol–water partition coefficient (Wildman–Crippen LogP) is 0.748. The Morgan fingerprint density at radius 2 is 2.25 bits per heavy atom. The van der Waals surface area contributed by atoms with Crippen LogP contribution in [0.1, 0.15) is 26.2 Å². The molecule has 0 heterocycles. The van der Waals surface area contributed by atoms with Crippen LogP contribution in [0.5, 0.6) is 0 Å². The van der Waals surface area contributed by atoms with Gasteiger partial charge in [0, 0.05) is 13.0 Å². The van der Waals surface area contributed by atoms with E-state index >= 15 is 0 Å². The van der Waals surface area contributed by atoms with Crippen LogP contribution >= 0.6 is 0 Å². The lowest BCUT2D eigenvalue weighted by Gasteiger charge is -2.15. The molecule has 16 heavy (non-hydrogen) atoms. The first-order valence-corrected chi connectivity index (χ1v) is 5.39. The first-order chi connectivity index (χ1) is 7.51. The highest BCUT2D eigenvalue weighted by atomic mass is 16.4. The van der Waals surface area contributed by atoms with Gasteiger partial charge in [-0.05, 0) is 12.3 Å². The molecule has 0 saturated carbocycles. The summed E-state index contributed by atoms with van der Waals surface area (Å²) in [4.78, 5) is 14.8. The third kappa shape index (κ3) is 6.19. The van der Waals surface area contributed by atoms with E-state index in [1.807, 2.05) is 6.92 Å². The smallest absolute Gasteiger partial charge is 0.320 e. The van der Waals surface area contributed by atoms with Gasteiger partial charge in [0.05, 0.1) is 5.84 Å². The lowest BCUT2D eigenvalue weighted by atomic mass is 9.98. The molecule has 0 fully saturated rings. The summed E-state index contributed by atoms with van der Waals surface area (Å²) in [6.07, 6.45) is 3.51. The van der Waals surface area contributed by atoms with Crippen LogP contribution in [0.3, 0.4) is 0 Å². The third-order valence-corrected chi connectivity index (χ3v) is 2.39. The normalized spacial score (nSPS) is 15.5. The summed E-state index contributed by atoms with van der Waals surface area (Å²) in [5.41, 5.74) is 11.1. The summed E-state index contributed by atoms with van der Waals surface area (Å²) in [5, 5.41) is 8.69. The average Bonchev–Trinajstić information content (AvgIpc) is 2.24. The molecular weight excluding hydrogens is 206 g/mol. The third-order valence-electron chi connectivity index (χ3n) is 2.39. The van der Waals surface area contributed by atoms with E-state index in [0.717, 1.165) is 6.42 Å². The van der Waals surface area contributed by atoms with Gasteiger partial charge in [-0.3, -0.25) is 9.79 Å². The molecule has 0 amide bonds. The number of carboxylic acid groups (broad SMARTS) is 1. The monoisotopic (exact) mass is 227 g/mol. The van der Waals surface area contributed by atoms with Crippen molar-refractivity contribution in [1.29, 1.82) is 0 Å². The average molecular weight is 227 g/mol. The standard InChI is InChI=1S/C11H21N3O2/c1-3-5-10(13)14-7-8(4-2)6-9(12)11(15)16/h3,8-9H,1,4-7,12H2,2H3,(H2,13,14)(H,15,16)/t8?,9-/m0/s1. The molecule has 0 aliphatic rings. The highest BCUT2D eigenvalue weighted by Crippen LogP contribution is 2.11. The first kappa shape index (κ1) is 14.6. The molecule has 0 aromatic heterocycles. The quantitative estimate of drug-likeness (QED) is 0.323. The van der Waals surface area contributed by atoms with Crippen LogP contribution in [0.15, 0.2) is 17.6 Å². The topological polar surface area (TPSA) is 102 Å². The Hall–Kier alpha value is -1.36. The number of aliphatic imine (C=N–C) groups is 1. The molecule has 0 radical (unpaired) electrons. The Labute approximate surface area is 96.2 Å². The van der Waals surface area contributed by atoms with Crippen LogP contribution < -0.4 is 11.5 Å². The van der Waals surface area contributed by atoms with Crippen LogP contribution in [0, 0.1) is 5.92 Å². The molecule has 0 bridgehead atoms. The second-order valence-corrected chi connectivity index (χ2v) is 3.78. The van der Waals surface area contributed by atoms with Crippen molar-refractivity contribution in [1.82, 2.24) is 0 Å². The van der Waals surface area contributed by atoms with Crippen molar-refractivity contribution in [3.63, 3.8) is 0 Å². The zero-order chi connectivity index (χ0) is 12.6. The molecule has 0 saturated heterocycles. The van der Waals surface area contributed by atoms with Crippen LogP contribution in [-0.4, -0.2) is 29.5 Å². The fraction of sp³-hybridized carbons (Fsp3) is 0.636. The number of amidine groups is 1. The van der Waals surface area contributed by atoms with Gasteiger partial charge >= 0.3 is 5.97 Å². The molecule has 5 N–H and O–H groups in total. The molecule has 1 unspecified atom stereocenters. The number of nitrogens with two attached hydrogens (primary N) is 2. The maximum absolute atomic E-state index is 10.6. The van der Waals surface area contributed by atoms with E-state index in [1.165, 1.54) is 0 Å². The zero-order valence-electron chi connectivity index (χ0n) is 9.72. The van der Waals surface area contributed by atoms with Gasteiger partial charge in [0.2, 0.25) is 0 Å². The van der Waals surface area contributed by atoms with Crippen molar-refractivity contribution in [2.75, 3.05) is 6.54 Å². The van der Waals surface area contributed by atoms with Gasteiger partial charge in [-0.2, -0.15) is 0 Å². The van der Waals surface area contributed by atoms with E-state index in [4.69, 9.17) is 16.6 Å².